The van der Waals surface area contributed by atoms with E-state index in [0.717, 1.165) is 5.56 Å². The number of carbonyl (C=O) groups excluding carboxylic acids is 2. The molecule has 28 heavy (non-hydrogen) atoms. The normalized spacial score (nSPS) is 13.8. The summed E-state index contributed by atoms with van der Waals surface area (Å²) < 4.78 is 43.1. The highest BCUT2D eigenvalue weighted by atomic mass is 32.2. The molecular formula is C18H28N2O7S. The van der Waals surface area contributed by atoms with Gasteiger partial charge in [0, 0.05) is 21.1 Å². The lowest BCUT2D eigenvalue weighted by molar-refractivity contribution is -0.145. The Labute approximate surface area is 165 Å². The van der Waals surface area contributed by atoms with E-state index in [2.05, 4.69) is 14.8 Å². The molecule has 1 amide bonds. The van der Waals surface area contributed by atoms with Crippen molar-refractivity contribution < 1.29 is 32.2 Å². The number of carbonyl (C=O) groups is 2. The quantitative estimate of drug-likeness (QED) is 0.403. The van der Waals surface area contributed by atoms with Gasteiger partial charge in [-0.2, -0.15) is 0 Å². The number of aryl methyl sites for hydroxylation is 1. The Hall–Kier alpha value is -2.01. The van der Waals surface area contributed by atoms with Crippen LogP contribution in [-0.4, -0.2) is 60.0 Å². The molecule has 1 aromatic rings. The first-order valence-electron chi connectivity index (χ1n) is 8.64. The van der Waals surface area contributed by atoms with Gasteiger partial charge in [0.1, 0.15) is 6.04 Å². The molecule has 0 fully saturated rings. The number of benzene rings is 1. The molecule has 158 valence electrons. The van der Waals surface area contributed by atoms with Gasteiger partial charge >= 0.3 is 5.97 Å². The fourth-order valence-corrected chi connectivity index (χ4v) is 3.90. The van der Waals surface area contributed by atoms with Crippen LogP contribution in [0, 0.1) is 6.92 Å². The van der Waals surface area contributed by atoms with Gasteiger partial charge in [0.05, 0.1) is 18.0 Å². The second-order valence-electron chi connectivity index (χ2n) is 6.23. The van der Waals surface area contributed by atoms with E-state index >= 15 is 0 Å². The number of hydrogen-bond acceptors (Lipinski definition) is 7. The molecule has 0 aliphatic carbocycles. The minimum atomic E-state index is -3.85. The summed E-state index contributed by atoms with van der Waals surface area (Å²) in [5, 5.41) is 2.49. The van der Waals surface area contributed by atoms with Gasteiger partial charge in [-0.1, -0.05) is 17.7 Å². The third-order valence-electron chi connectivity index (χ3n) is 4.06. The largest absolute Gasteiger partial charge is 0.467 e. The summed E-state index contributed by atoms with van der Waals surface area (Å²) in [6.07, 6.45) is -0.621. The van der Waals surface area contributed by atoms with Crippen LogP contribution in [0.3, 0.4) is 0 Å². The zero-order valence-corrected chi connectivity index (χ0v) is 17.5. The third kappa shape index (κ3) is 7.19. The minimum Gasteiger partial charge on any atom is -0.467 e. The zero-order chi connectivity index (χ0) is 21.3. The predicted octanol–water partition coefficient (Wildman–Crippen LogP) is 0.719. The number of esters is 1. The first kappa shape index (κ1) is 24.0. The van der Waals surface area contributed by atoms with E-state index in [0.29, 0.717) is 0 Å². The first-order chi connectivity index (χ1) is 13.1. The van der Waals surface area contributed by atoms with Gasteiger partial charge in [-0.15, -0.1) is 0 Å². The van der Waals surface area contributed by atoms with Crippen LogP contribution in [0.4, 0.5) is 0 Å². The van der Waals surface area contributed by atoms with E-state index < -0.39 is 40.3 Å². The molecule has 9 nitrogen and oxygen atoms in total. The molecule has 0 saturated heterocycles. The fourth-order valence-electron chi connectivity index (χ4n) is 2.64. The molecule has 0 saturated carbocycles. The molecule has 0 radical (unpaired) electrons. The highest BCUT2D eigenvalue weighted by Crippen LogP contribution is 2.16. The van der Waals surface area contributed by atoms with E-state index in [-0.39, 0.29) is 17.7 Å². The molecule has 0 aliphatic rings. The van der Waals surface area contributed by atoms with Crippen molar-refractivity contribution in [3.05, 3.63) is 29.8 Å². The standard InChI is InChI=1S/C18H28N2O7S/c1-12-6-8-14(9-7-12)28(23,24)20-16(18(26-4)27-5)11-10-15(17(22)25-3)19-13(2)21/h6-9,15-16,18,20H,10-11H2,1-5H3,(H,19,21). The number of hydrogen-bond donors (Lipinski definition) is 2. The second kappa shape index (κ2) is 11.1. The summed E-state index contributed by atoms with van der Waals surface area (Å²) in [6, 6.07) is 4.66. The lowest BCUT2D eigenvalue weighted by Crippen LogP contribution is -2.47. The van der Waals surface area contributed by atoms with Crippen molar-refractivity contribution in [1.29, 1.82) is 0 Å². The van der Waals surface area contributed by atoms with Crippen molar-refractivity contribution in [2.75, 3.05) is 21.3 Å². The number of nitrogens with one attached hydrogen (secondary N) is 2. The van der Waals surface area contributed by atoms with E-state index in [4.69, 9.17) is 9.47 Å². The highest BCUT2D eigenvalue weighted by molar-refractivity contribution is 7.89. The summed E-state index contributed by atoms with van der Waals surface area (Å²) in [5.74, 6) is -1.02. The topological polar surface area (TPSA) is 120 Å². The second-order valence-corrected chi connectivity index (χ2v) is 7.95. The molecule has 0 heterocycles. The SMILES string of the molecule is COC(=O)C(CCC(NS(=O)(=O)c1ccc(C)cc1)C(OC)OC)NC(C)=O. The molecule has 0 aliphatic heterocycles. The van der Waals surface area contributed by atoms with Crippen molar-refractivity contribution in [3.8, 4) is 0 Å². The maximum absolute atomic E-state index is 12.7. The van der Waals surface area contributed by atoms with Gasteiger partial charge in [-0.05, 0) is 31.9 Å². The lowest BCUT2D eigenvalue weighted by Gasteiger charge is -2.27. The Balaban J connectivity index is 3.00. The Morgan fingerprint density at radius 3 is 2.07 bits per heavy atom. The Morgan fingerprint density at radius 1 is 1.04 bits per heavy atom. The maximum Gasteiger partial charge on any atom is 0.328 e. The summed E-state index contributed by atoms with van der Waals surface area (Å²) in [4.78, 5) is 23.3. The Morgan fingerprint density at radius 2 is 1.61 bits per heavy atom. The minimum absolute atomic E-state index is 0.0976. The monoisotopic (exact) mass is 416 g/mol. The summed E-state index contributed by atoms with van der Waals surface area (Å²) in [7, 11) is 0.122. The van der Waals surface area contributed by atoms with Gasteiger partial charge in [-0.3, -0.25) is 4.79 Å². The summed E-state index contributed by atoms with van der Waals surface area (Å²) >= 11 is 0. The van der Waals surface area contributed by atoms with Gasteiger partial charge in [0.25, 0.3) is 0 Å². The number of rotatable bonds is 11. The molecule has 10 heteroatoms. The van der Waals surface area contributed by atoms with Gasteiger partial charge in [0.2, 0.25) is 15.9 Å². The van der Waals surface area contributed by atoms with E-state index in [9.17, 15) is 18.0 Å². The molecule has 1 rings (SSSR count). The molecule has 0 bridgehead atoms. The van der Waals surface area contributed by atoms with Crippen LogP contribution in [0.5, 0.6) is 0 Å². The molecular weight excluding hydrogens is 388 g/mol. The smallest absolute Gasteiger partial charge is 0.328 e. The molecule has 0 spiro atoms. The molecule has 0 aromatic heterocycles. The lowest BCUT2D eigenvalue weighted by atomic mass is 10.1. The van der Waals surface area contributed by atoms with Gasteiger partial charge < -0.3 is 19.5 Å². The third-order valence-corrected chi connectivity index (χ3v) is 5.57. The van der Waals surface area contributed by atoms with Crippen LogP contribution >= 0.6 is 0 Å². The average molecular weight is 416 g/mol. The van der Waals surface area contributed by atoms with Gasteiger partial charge in [0.15, 0.2) is 6.29 Å². The summed E-state index contributed by atoms with van der Waals surface area (Å²) in [5.41, 5.74) is 0.929. The van der Waals surface area contributed by atoms with Gasteiger partial charge in [-0.25, -0.2) is 17.9 Å². The van der Waals surface area contributed by atoms with Crippen molar-refractivity contribution in [2.24, 2.45) is 0 Å². The van der Waals surface area contributed by atoms with Crippen LogP contribution < -0.4 is 10.0 Å². The van der Waals surface area contributed by atoms with Crippen LogP contribution in [0.1, 0.15) is 25.3 Å². The van der Waals surface area contributed by atoms with Crippen LogP contribution in [0.15, 0.2) is 29.2 Å². The zero-order valence-electron chi connectivity index (χ0n) is 16.7. The number of sulfonamides is 1. The average Bonchev–Trinajstić information content (AvgIpc) is 2.64. The van der Waals surface area contributed by atoms with Crippen molar-refractivity contribution in [2.45, 2.75) is 50.0 Å². The van der Waals surface area contributed by atoms with E-state index in [1.54, 1.807) is 12.1 Å². The van der Waals surface area contributed by atoms with Crippen molar-refractivity contribution in [3.63, 3.8) is 0 Å². The highest BCUT2D eigenvalue weighted by Gasteiger charge is 2.30. The van der Waals surface area contributed by atoms with E-state index in [1.807, 2.05) is 6.92 Å². The molecule has 2 atom stereocenters. The van der Waals surface area contributed by atoms with Crippen molar-refractivity contribution >= 4 is 21.9 Å². The van der Waals surface area contributed by atoms with Crippen molar-refractivity contribution in [1.82, 2.24) is 10.0 Å². The maximum atomic E-state index is 12.7. The molecule has 2 N–H and O–H groups in total. The first-order valence-corrected chi connectivity index (χ1v) is 10.1. The molecule has 1 aromatic carbocycles. The molecule has 2 unspecified atom stereocenters. The Kier molecular flexibility index (Phi) is 9.53. The number of ether oxygens (including phenoxy) is 3. The van der Waals surface area contributed by atoms with E-state index in [1.165, 1.54) is 40.4 Å². The fraction of sp³-hybridized carbons (Fsp3) is 0.556. The predicted molar refractivity (Wildman–Crippen MR) is 102 cm³/mol. The number of amides is 1. The van der Waals surface area contributed by atoms with Crippen LogP contribution in [0.2, 0.25) is 0 Å². The van der Waals surface area contributed by atoms with Crippen LogP contribution in [-0.2, 0) is 33.8 Å². The van der Waals surface area contributed by atoms with Crippen LogP contribution in [0.25, 0.3) is 0 Å². The Bertz CT molecular complexity index is 746. The number of methoxy groups -OCH3 is 3. The summed E-state index contributed by atoms with van der Waals surface area (Å²) in [6.45, 7) is 3.13.